The molecule has 2 N–H and O–H groups in total. The van der Waals surface area contributed by atoms with E-state index in [1.165, 1.54) is 12.1 Å². The first kappa shape index (κ1) is 23.5. The number of halogens is 1. The lowest BCUT2D eigenvalue weighted by atomic mass is 9.83. The number of amides is 1. The summed E-state index contributed by atoms with van der Waals surface area (Å²) in [6.45, 7) is 9.87. The third kappa shape index (κ3) is 5.81. The number of hydrogen-bond acceptors (Lipinski definition) is 4. The van der Waals surface area contributed by atoms with E-state index < -0.39 is 5.60 Å². The number of nitrogens with zero attached hydrogens (tertiary/aromatic N) is 1. The smallest absolute Gasteiger partial charge is 0.287 e. The van der Waals surface area contributed by atoms with Crippen LogP contribution in [-0.2, 0) is 12.0 Å². The molecule has 4 rings (SSSR count). The molecular weight excluding hydrogens is 419 g/mol. The van der Waals surface area contributed by atoms with Crippen LogP contribution in [-0.4, -0.2) is 42.1 Å². The molecule has 33 heavy (non-hydrogen) atoms. The minimum atomic E-state index is -0.864. The number of carbonyl (C=O) groups is 1. The third-order valence-corrected chi connectivity index (χ3v) is 6.27. The van der Waals surface area contributed by atoms with Crippen LogP contribution in [0, 0.1) is 11.2 Å². The lowest BCUT2D eigenvalue weighted by molar-refractivity contribution is -0.0316. The molecule has 0 saturated carbocycles. The van der Waals surface area contributed by atoms with Gasteiger partial charge >= 0.3 is 0 Å². The number of likely N-dealkylation sites (tertiary alicyclic amines) is 1. The molecule has 5 nitrogen and oxygen atoms in total. The fraction of sp³-hybridized carbons (Fsp3) is 0.444. The van der Waals surface area contributed by atoms with E-state index in [4.69, 9.17) is 4.42 Å². The van der Waals surface area contributed by atoms with Gasteiger partial charge in [-0.3, -0.25) is 4.79 Å². The first-order valence-corrected chi connectivity index (χ1v) is 11.6. The van der Waals surface area contributed by atoms with E-state index >= 15 is 0 Å². The van der Waals surface area contributed by atoms with E-state index in [-0.39, 0.29) is 22.9 Å². The Balaban J connectivity index is 1.38. The molecule has 1 fully saturated rings. The zero-order valence-electron chi connectivity index (χ0n) is 19.7. The van der Waals surface area contributed by atoms with E-state index in [0.29, 0.717) is 31.4 Å². The van der Waals surface area contributed by atoms with Gasteiger partial charge < -0.3 is 19.7 Å². The monoisotopic (exact) mass is 452 g/mol. The summed E-state index contributed by atoms with van der Waals surface area (Å²) in [5.74, 6) is -0.318. The molecule has 2 aromatic carbocycles. The minimum Gasteiger partial charge on any atom is -0.451 e. The second-order valence-corrected chi connectivity index (χ2v) is 10.4. The van der Waals surface area contributed by atoms with Crippen LogP contribution in [0.4, 0.5) is 4.39 Å². The average molecular weight is 453 g/mol. The number of carbonyl (C=O) groups excluding carboxylic acids is 1. The van der Waals surface area contributed by atoms with Crippen LogP contribution in [0.2, 0.25) is 0 Å². The standard InChI is InChI=1S/C27H33FN2O3/c1-26(2,3)18-30-14-11-27(32,12-15-30)21-6-9-23-20(16-21)17-24(33-23)25(31)29-13-10-19-4-7-22(28)8-5-19/h4-9,16-17,32H,10-15,18H2,1-3H3,(H,29,31). The Hall–Kier alpha value is -2.70. The van der Waals surface area contributed by atoms with Gasteiger partial charge in [-0.1, -0.05) is 39.0 Å². The summed E-state index contributed by atoms with van der Waals surface area (Å²) in [5.41, 5.74) is 1.82. The second-order valence-electron chi connectivity index (χ2n) is 10.4. The fourth-order valence-electron chi connectivity index (χ4n) is 4.54. The molecule has 1 aliphatic heterocycles. The van der Waals surface area contributed by atoms with Crippen LogP contribution in [0.3, 0.4) is 0 Å². The minimum absolute atomic E-state index is 0.237. The topological polar surface area (TPSA) is 65.7 Å². The molecule has 1 aliphatic rings. The van der Waals surface area contributed by atoms with Crippen molar-refractivity contribution in [3.8, 4) is 0 Å². The summed E-state index contributed by atoms with van der Waals surface area (Å²) in [7, 11) is 0. The van der Waals surface area contributed by atoms with Gasteiger partial charge in [-0.2, -0.15) is 0 Å². The molecular formula is C27H33FN2O3. The van der Waals surface area contributed by atoms with E-state index in [9.17, 15) is 14.3 Å². The number of hydrogen-bond donors (Lipinski definition) is 2. The highest BCUT2D eigenvalue weighted by atomic mass is 19.1. The molecule has 0 spiro atoms. The molecule has 1 aromatic heterocycles. The van der Waals surface area contributed by atoms with Crippen molar-refractivity contribution in [2.24, 2.45) is 5.41 Å². The van der Waals surface area contributed by atoms with Crippen LogP contribution in [0.25, 0.3) is 11.0 Å². The Morgan fingerprint density at radius 1 is 1.12 bits per heavy atom. The van der Waals surface area contributed by atoms with Crippen molar-refractivity contribution in [2.45, 2.75) is 45.6 Å². The maximum absolute atomic E-state index is 13.0. The van der Waals surface area contributed by atoms with Crippen molar-refractivity contribution in [3.63, 3.8) is 0 Å². The van der Waals surface area contributed by atoms with Crippen molar-refractivity contribution < 1.29 is 18.7 Å². The Morgan fingerprint density at radius 3 is 2.48 bits per heavy atom. The number of aliphatic hydroxyl groups is 1. The highest BCUT2D eigenvalue weighted by molar-refractivity contribution is 5.96. The number of rotatable bonds is 6. The van der Waals surface area contributed by atoms with Gasteiger partial charge in [0.05, 0.1) is 5.60 Å². The van der Waals surface area contributed by atoms with Gasteiger partial charge in [0.25, 0.3) is 5.91 Å². The van der Waals surface area contributed by atoms with Crippen LogP contribution < -0.4 is 5.32 Å². The predicted octanol–water partition coefficient (Wildman–Crippen LogP) is 4.87. The largest absolute Gasteiger partial charge is 0.451 e. The molecule has 6 heteroatoms. The average Bonchev–Trinajstić information content (AvgIpc) is 3.19. The summed E-state index contributed by atoms with van der Waals surface area (Å²) < 4.78 is 18.8. The van der Waals surface area contributed by atoms with Crippen molar-refractivity contribution in [1.82, 2.24) is 10.2 Å². The summed E-state index contributed by atoms with van der Waals surface area (Å²) >= 11 is 0. The predicted molar refractivity (Wildman–Crippen MR) is 128 cm³/mol. The highest BCUT2D eigenvalue weighted by Crippen LogP contribution is 2.35. The van der Waals surface area contributed by atoms with Crippen molar-refractivity contribution in [1.29, 1.82) is 0 Å². The number of nitrogens with one attached hydrogen (secondary N) is 1. The quantitative estimate of drug-likeness (QED) is 0.560. The molecule has 176 valence electrons. The maximum Gasteiger partial charge on any atom is 0.287 e. The van der Waals surface area contributed by atoms with Crippen LogP contribution in [0.15, 0.2) is 52.9 Å². The van der Waals surface area contributed by atoms with Crippen molar-refractivity contribution in [3.05, 3.63) is 71.2 Å². The van der Waals surface area contributed by atoms with E-state index in [1.807, 2.05) is 18.2 Å². The second kappa shape index (κ2) is 9.27. The summed E-state index contributed by atoms with van der Waals surface area (Å²) in [6.07, 6.45) is 1.97. The van der Waals surface area contributed by atoms with Gasteiger partial charge in [0.2, 0.25) is 0 Å². The Kier molecular flexibility index (Phi) is 6.59. The normalized spacial score (nSPS) is 16.8. The first-order valence-electron chi connectivity index (χ1n) is 11.6. The number of fused-ring (bicyclic) bond motifs is 1. The van der Waals surface area contributed by atoms with E-state index in [2.05, 4.69) is 31.0 Å². The van der Waals surface area contributed by atoms with Gasteiger partial charge in [0.15, 0.2) is 5.76 Å². The molecule has 0 radical (unpaired) electrons. The van der Waals surface area contributed by atoms with Gasteiger partial charge in [-0.15, -0.1) is 0 Å². The van der Waals surface area contributed by atoms with E-state index in [0.717, 1.165) is 36.1 Å². The van der Waals surface area contributed by atoms with Gasteiger partial charge in [0, 0.05) is 31.6 Å². The summed E-state index contributed by atoms with van der Waals surface area (Å²) in [6, 6.07) is 13.6. The van der Waals surface area contributed by atoms with Crippen LogP contribution in [0.1, 0.15) is 55.3 Å². The van der Waals surface area contributed by atoms with Gasteiger partial charge in [0.1, 0.15) is 11.4 Å². The zero-order chi connectivity index (χ0) is 23.6. The van der Waals surface area contributed by atoms with Crippen molar-refractivity contribution >= 4 is 16.9 Å². The van der Waals surface area contributed by atoms with E-state index in [1.54, 1.807) is 18.2 Å². The fourth-order valence-corrected chi connectivity index (χ4v) is 4.54. The summed E-state index contributed by atoms with van der Waals surface area (Å²) in [4.78, 5) is 15.0. The molecule has 0 aliphatic carbocycles. The summed E-state index contributed by atoms with van der Waals surface area (Å²) in [5, 5.41) is 15.0. The lowest BCUT2D eigenvalue weighted by Gasteiger charge is -2.40. The molecule has 0 unspecified atom stereocenters. The third-order valence-electron chi connectivity index (χ3n) is 6.27. The van der Waals surface area contributed by atoms with Gasteiger partial charge in [-0.05, 0) is 66.1 Å². The SMILES string of the molecule is CC(C)(C)CN1CCC(O)(c2ccc3oc(C(=O)NCCc4ccc(F)cc4)cc3c2)CC1. The first-order chi connectivity index (χ1) is 15.6. The van der Waals surface area contributed by atoms with Crippen LogP contribution >= 0.6 is 0 Å². The number of furan rings is 1. The Labute approximate surface area is 194 Å². The van der Waals surface area contributed by atoms with Gasteiger partial charge in [-0.25, -0.2) is 4.39 Å². The molecule has 1 saturated heterocycles. The molecule has 0 atom stereocenters. The number of benzene rings is 2. The Bertz CT molecular complexity index is 1110. The molecule has 3 aromatic rings. The lowest BCUT2D eigenvalue weighted by Crippen LogP contribution is -2.45. The Morgan fingerprint density at radius 2 is 1.82 bits per heavy atom. The van der Waals surface area contributed by atoms with Crippen molar-refractivity contribution in [2.75, 3.05) is 26.2 Å². The number of piperidine rings is 1. The zero-order valence-corrected chi connectivity index (χ0v) is 19.7. The molecule has 0 bridgehead atoms. The maximum atomic E-state index is 13.0. The molecule has 2 heterocycles. The van der Waals surface area contributed by atoms with Crippen LogP contribution in [0.5, 0.6) is 0 Å². The highest BCUT2D eigenvalue weighted by Gasteiger charge is 2.35. The molecule has 1 amide bonds.